The predicted octanol–water partition coefficient (Wildman–Crippen LogP) is 2.75. The van der Waals surface area contributed by atoms with Gasteiger partial charge in [-0.3, -0.25) is 4.79 Å². The van der Waals surface area contributed by atoms with Gasteiger partial charge in [0.05, 0.1) is 5.52 Å². The molecule has 0 saturated carbocycles. The molecular formula is C13H12N4O3S. The minimum Gasteiger partial charge on any atom is -0.429 e. The maximum Gasteiger partial charge on any atom is 0.266 e. The zero-order valence-electron chi connectivity index (χ0n) is 11.2. The molecule has 0 aliphatic rings. The molecule has 7 nitrogen and oxygen atoms in total. The van der Waals surface area contributed by atoms with E-state index in [1.807, 2.05) is 0 Å². The number of nitrogens with zero attached hydrogens (tertiary/aromatic N) is 2. The number of hydrogen-bond acceptors (Lipinski definition) is 6. The number of nitrogens with one attached hydrogen (secondary N) is 2. The number of amides is 1. The third kappa shape index (κ3) is 3.16. The molecule has 3 rings (SSSR count). The number of hydrogen-bond donors (Lipinski definition) is 2. The second-order valence-electron chi connectivity index (χ2n) is 4.51. The van der Waals surface area contributed by atoms with Crippen molar-refractivity contribution in [2.45, 2.75) is 19.8 Å². The summed E-state index contributed by atoms with van der Waals surface area (Å²) >= 11 is 4.91. The minimum atomic E-state index is -0.140. The number of fused-ring (bicyclic) bond motifs is 1. The van der Waals surface area contributed by atoms with Gasteiger partial charge in [0, 0.05) is 24.6 Å². The molecule has 0 aliphatic heterocycles. The van der Waals surface area contributed by atoms with Crippen LogP contribution < -0.4 is 5.32 Å². The van der Waals surface area contributed by atoms with Gasteiger partial charge in [0.2, 0.25) is 11.8 Å². The van der Waals surface area contributed by atoms with Gasteiger partial charge in [-0.25, -0.2) is 0 Å². The van der Waals surface area contributed by atoms with Crippen LogP contribution in [0, 0.1) is 11.8 Å². The highest BCUT2D eigenvalue weighted by Crippen LogP contribution is 2.18. The molecule has 21 heavy (non-hydrogen) atoms. The highest BCUT2D eigenvalue weighted by Gasteiger charge is 2.08. The summed E-state index contributed by atoms with van der Waals surface area (Å²) in [6, 6.07) is 5.29. The lowest BCUT2D eigenvalue weighted by atomic mass is 10.2. The normalized spacial score (nSPS) is 10.9. The average Bonchev–Trinajstić information content (AvgIpc) is 3.01. The molecule has 0 saturated heterocycles. The fourth-order valence-corrected chi connectivity index (χ4v) is 2.11. The summed E-state index contributed by atoms with van der Waals surface area (Å²) in [6.07, 6.45) is 0.663. The van der Waals surface area contributed by atoms with E-state index in [1.54, 1.807) is 25.1 Å². The zero-order chi connectivity index (χ0) is 14.8. The molecule has 1 amide bonds. The maximum absolute atomic E-state index is 11.9. The van der Waals surface area contributed by atoms with Crippen LogP contribution in [0.15, 0.2) is 27.1 Å². The van der Waals surface area contributed by atoms with E-state index in [4.69, 9.17) is 21.2 Å². The van der Waals surface area contributed by atoms with Gasteiger partial charge in [-0.1, -0.05) is 5.16 Å². The van der Waals surface area contributed by atoms with Gasteiger partial charge < -0.3 is 19.2 Å². The number of anilines is 1. The van der Waals surface area contributed by atoms with E-state index in [0.717, 1.165) is 5.52 Å². The number of oxazole rings is 1. The second-order valence-corrected chi connectivity index (χ2v) is 4.88. The summed E-state index contributed by atoms with van der Waals surface area (Å²) in [6.45, 7) is 1.73. The first-order valence-corrected chi connectivity index (χ1v) is 6.73. The molecule has 2 N–H and O–H groups in total. The van der Waals surface area contributed by atoms with Crippen LogP contribution in [0.25, 0.3) is 11.1 Å². The second kappa shape index (κ2) is 5.49. The van der Waals surface area contributed by atoms with Gasteiger partial charge in [-0.05, 0) is 31.3 Å². The molecule has 3 aromatic rings. The molecule has 0 bridgehead atoms. The Morgan fingerprint density at radius 2 is 2.33 bits per heavy atom. The monoisotopic (exact) mass is 304 g/mol. The molecule has 0 spiro atoms. The molecule has 0 radical (unpaired) electrons. The Bertz CT molecular complexity index is 848. The molecule has 2 heterocycles. The van der Waals surface area contributed by atoms with Crippen LogP contribution in [0.5, 0.6) is 0 Å². The van der Waals surface area contributed by atoms with Gasteiger partial charge in [0.25, 0.3) is 4.84 Å². The molecule has 0 aliphatic carbocycles. The first-order valence-electron chi connectivity index (χ1n) is 6.32. The largest absolute Gasteiger partial charge is 0.429 e. The van der Waals surface area contributed by atoms with Crippen molar-refractivity contribution in [3.8, 4) is 0 Å². The van der Waals surface area contributed by atoms with Crippen molar-refractivity contribution in [3.63, 3.8) is 0 Å². The Morgan fingerprint density at radius 1 is 1.48 bits per heavy atom. The van der Waals surface area contributed by atoms with Crippen LogP contribution in [0.2, 0.25) is 0 Å². The van der Waals surface area contributed by atoms with E-state index in [9.17, 15) is 4.79 Å². The smallest absolute Gasteiger partial charge is 0.266 e. The van der Waals surface area contributed by atoms with Crippen molar-refractivity contribution >= 4 is 34.9 Å². The van der Waals surface area contributed by atoms with Crippen molar-refractivity contribution in [3.05, 3.63) is 34.8 Å². The van der Waals surface area contributed by atoms with E-state index in [2.05, 4.69) is 20.4 Å². The third-order valence-corrected chi connectivity index (χ3v) is 3.03. The van der Waals surface area contributed by atoms with Crippen LogP contribution in [-0.4, -0.2) is 21.0 Å². The Labute approximate surface area is 124 Å². The number of carbonyl (C=O) groups is 1. The summed E-state index contributed by atoms with van der Waals surface area (Å²) < 4.78 is 10.3. The van der Waals surface area contributed by atoms with Crippen LogP contribution in [0.1, 0.15) is 18.1 Å². The zero-order valence-corrected chi connectivity index (χ0v) is 12.0. The number of aromatic amines is 1. The molecule has 0 fully saturated rings. The number of rotatable bonds is 4. The predicted molar refractivity (Wildman–Crippen MR) is 77.4 cm³/mol. The Morgan fingerprint density at radius 3 is 3.10 bits per heavy atom. The molecule has 8 heteroatoms. The Hall–Kier alpha value is -2.48. The van der Waals surface area contributed by atoms with E-state index < -0.39 is 0 Å². The Kier molecular flexibility index (Phi) is 3.53. The number of aryl methyl sites for hydroxylation is 2. The SMILES string of the molecule is Cc1noc(CCC(=O)Nc2ccc3[nH]c(=S)oc3c2)n1. The van der Waals surface area contributed by atoms with Gasteiger partial charge >= 0.3 is 0 Å². The van der Waals surface area contributed by atoms with E-state index in [-0.39, 0.29) is 12.3 Å². The standard InChI is InChI=1S/C13H12N4O3S/c1-7-14-12(20-17-7)5-4-11(18)15-8-2-3-9-10(6-8)19-13(21)16-9/h2-3,6H,4-5H2,1H3,(H,15,18)(H,16,21). The van der Waals surface area contributed by atoms with Crippen LogP contribution >= 0.6 is 12.2 Å². The summed E-state index contributed by atoms with van der Waals surface area (Å²) in [5.74, 6) is 0.874. The number of H-pyrrole nitrogens is 1. The van der Waals surface area contributed by atoms with Gasteiger partial charge in [-0.15, -0.1) is 0 Å². The van der Waals surface area contributed by atoms with Crippen molar-refractivity contribution in [1.29, 1.82) is 0 Å². The third-order valence-electron chi connectivity index (χ3n) is 2.84. The molecule has 2 aromatic heterocycles. The van der Waals surface area contributed by atoms with Gasteiger partial charge in [-0.2, -0.15) is 4.98 Å². The number of aromatic nitrogens is 3. The molecule has 0 unspecified atom stereocenters. The summed E-state index contributed by atoms with van der Waals surface area (Å²) in [7, 11) is 0. The molecule has 108 valence electrons. The highest BCUT2D eigenvalue weighted by atomic mass is 32.1. The summed E-state index contributed by atoms with van der Waals surface area (Å²) in [4.78, 5) is 19.1. The topological polar surface area (TPSA) is 97.0 Å². The van der Waals surface area contributed by atoms with Crippen LogP contribution in [-0.2, 0) is 11.2 Å². The van der Waals surface area contributed by atoms with Gasteiger partial charge in [0.1, 0.15) is 0 Å². The fraction of sp³-hybridized carbons (Fsp3) is 0.231. The van der Waals surface area contributed by atoms with Crippen molar-refractivity contribution < 1.29 is 13.7 Å². The maximum atomic E-state index is 11.9. The van der Waals surface area contributed by atoms with E-state index >= 15 is 0 Å². The first-order chi connectivity index (χ1) is 10.1. The first kappa shape index (κ1) is 13.5. The van der Waals surface area contributed by atoms with Gasteiger partial charge in [0.15, 0.2) is 11.4 Å². The number of benzene rings is 1. The molecule has 0 atom stereocenters. The fourth-order valence-electron chi connectivity index (χ4n) is 1.91. The van der Waals surface area contributed by atoms with Crippen LogP contribution in [0.3, 0.4) is 0 Å². The van der Waals surface area contributed by atoms with Crippen LogP contribution in [0.4, 0.5) is 5.69 Å². The van der Waals surface area contributed by atoms with E-state index in [0.29, 0.717) is 34.2 Å². The van der Waals surface area contributed by atoms with Crippen molar-refractivity contribution in [2.24, 2.45) is 0 Å². The van der Waals surface area contributed by atoms with E-state index in [1.165, 1.54) is 0 Å². The Balaban J connectivity index is 1.64. The lowest BCUT2D eigenvalue weighted by molar-refractivity contribution is -0.116. The lowest BCUT2D eigenvalue weighted by Crippen LogP contribution is -2.12. The molecular weight excluding hydrogens is 292 g/mol. The average molecular weight is 304 g/mol. The quantitative estimate of drug-likeness (QED) is 0.719. The summed E-state index contributed by atoms with van der Waals surface area (Å²) in [5, 5.41) is 6.46. The van der Waals surface area contributed by atoms with Crippen molar-refractivity contribution in [2.75, 3.05) is 5.32 Å². The summed E-state index contributed by atoms with van der Waals surface area (Å²) in [5.41, 5.74) is 2.04. The molecule has 1 aromatic carbocycles. The van der Waals surface area contributed by atoms with Crippen molar-refractivity contribution in [1.82, 2.24) is 15.1 Å². The number of carbonyl (C=O) groups excluding carboxylic acids is 1. The highest BCUT2D eigenvalue weighted by molar-refractivity contribution is 7.71. The minimum absolute atomic E-state index is 0.140. The lowest BCUT2D eigenvalue weighted by Gasteiger charge is -2.03.